The van der Waals surface area contributed by atoms with E-state index in [4.69, 9.17) is 0 Å². The summed E-state index contributed by atoms with van der Waals surface area (Å²) < 4.78 is 52.7. The summed E-state index contributed by atoms with van der Waals surface area (Å²) in [5, 5.41) is 10.7. The maximum atomic E-state index is 13.3. The summed E-state index contributed by atoms with van der Waals surface area (Å²) >= 11 is 0. The maximum Gasteiger partial charge on any atom is 0.279 e. The zero-order chi connectivity index (χ0) is 17.5. The van der Waals surface area contributed by atoms with Crippen LogP contribution in [0.25, 0.3) is 10.9 Å². The van der Waals surface area contributed by atoms with Crippen LogP contribution in [-0.4, -0.2) is 17.3 Å². The van der Waals surface area contributed by atoms with Crippen molar-refractivity contribution in [3.63, 3.8) is 0 Å². The van der Waals surface area contributed by atoms with Gasteiger partial charge in [-0.2, -0.15) is 0 Å². The maximum absolute atomic E-state index is 13.3. The Morgan fingerprint density at radius 2 is 1.71 bits per heavy atom. The number of nitro groups is 1. The van der Waals surface area contributed by atoms with Crippen molar-refractivity contribution in [2.24, 2.45) is 0 Å². The smallest absolute Gasteiger partial charge is 0.258 e. The van der Waals surface area contributed by atoms with Gasteiger partial charge in [0, 0.05) is 12.3 Å². The highest BCUT2D eigenvalue weighted by Crippen LogP contribution is 2.37. The second-order valence-corrected chi connectivity index (χ2v) is 6.74. The first-order valence-electron chi connectivity index (χ1n) is 6.71. The van der Waals surface area contributed by atoms with Crippen LogP contribution >= 0.6 is 0 Å². The number of alkyl halides is 2. The van der Waals surface area contributed by atoms with Crippen LogP contribution in [0.2, 0.25) is 0 Å². The first-order chi connectivity index (χ1) is 11.3. The molecular weight excluding hydrogens is 342 g/mol. The van der Waals surface area contributed by atoms with E-state index < -0.39 is 32.6 Å². The molecule has 0 unspecified atom stereocenters. The second kappa shape index (κ2) is 5.68. The minimum absolute atomic E-state index is 0.103. The van der Waals surface area contributed by atoms with Crippen LogP contribution in [0.5, 0.6) is 0 Å². The van der Waals surface area contributed by atoms with E-state index in [2.05, 4.69) is 0 Å². The fraction of sp³-hybridized carbons (Fsp3) is 0.0667. The van der Waals surface area contributed by atoms with Crippen LogP contribution in [0.1, 0.15) is 12.0 Å². The van der Waals surface area contributed by atoms with Gasteiger partial charge >= 0.3 is 0 Å². The minimum Gasteiger partial charge on any atom is -0.258 e. The van der Waals surface area contributed by atoms with Crippen LogP contribution < -0.4 is 0 Å². The Bertz CT molecular complexity index is 1030. The first kappa shape index (κ1) is 16.1. The topological polar surface area (TPSA) is 82.2 Å². The van der Waals surface area contributed by atoms with E-state index in [-0.39, 0.29) is 15.8 Å². The standard InChI is InChI=1S/C15H10F2N2O4S/c16-15(17)11-9-18(24(22,23)10-5-2-1-3-6-10)12-7-4-8-13(14(11)12)19(20)21/h1-9,15H. The van der Waals surface area contributed by atoms with Crippen LogP contribution in [-0.2, 0) is 10.0 Å². The molecule has 1 heterocycles. The highest BCUT2D eigenvalue weighted by atomic mass is 32.2. The molecule has 0 fully saturated rings. The lowest BCUT2D eigenvalue weighted by molar-refractivity contribution is -0.383. The van der Waals surface area contributed by atoms with Gasteiger partial charge in [0.2, 0.25) is 0 Å². The lowest BCUT2D eigenvalue weighted by atomic mass is 10.1. The van der Waals surface area contributed by atoms with Gasteiger partial charge in [0.15, 0.2) is 0 Å². The Hall–Kier alpha value is -2.81. The van der Waals surface area contributed by atoms with Crippen molar-refractivity contribution in [3.8, 4) is 0 Å². The largest absolute Gasteiger partial charge is 0.279 e. The van der Waals surface area contributed by atoms with Gasteiger partial charge < -0.3 is 0 Å². The van der Waals surface area contributed by atoms with Crippen molar-refractivity contribution in [2.75, 3.05) is 0 Å². The van der Waals surface area contributed by atoms with Crippen molar-refractivity contribution in [2.45, 2.75) is 11.3 Å². The average Bonchev–Trinajstić information content (AvgIpc) is 2.96. The highest BCUT2D eigenvalue weighted by Gasteiger charge is 2.28. The van der Waals surface area contributed by atoms with Gasteiger partial charge in [0.05, 0.1) is 26.3 Å². The Labute approximate surface area is 135 Å². The molecular formula is C15H10F2N2O4S. The molecule has 3 rings (SSSR count). The Morgan fingerprint density at radius 3 is 2.29 bits per heavy atom. The summed E-state index contributed by atoms with van der Waals surface area (Å²) in [7, 11) is -4.16. The van der Waals surface area contributed by atoms with Gasteiger partial charge in [-0.15, -0.1) is 0 Å². The lowest BCUT2D eigenvalue weighted by Gasteiger charge is -2.07. The molecule has 0 aliphatic rings. The van der Waals surface area contributed by atoms with E-state index in [1.807, 2.05) is 0 Å². The van der Waals surface area contributed by atoms with Crippen molar-refractivity contribution in [1.82, 2.24) is 3.97 Å². The molecule has 124 valence electrons. The molecule has 0 N–H and O–H groups in total. The lowest BCUT2D eigenvalue weighted by Crippen LogP contribution is -2.11. The molecule has 2 aromatic carbocycles. The summed E-state index contributed by atoms with van der Waals surface area (Å²) in [5.41, 5.74) is -1.43. The Morgan fingerprint density at radius 1 is 1.04 bits per heavy atom. The number of non-ortho nitro benzene ring substituents is 1. The van der Waals surface area contributed by atoms with E-state index in [0.717, 1.165) is 12.3 Å². The summed E-state index contributed by atoms with van der Waals surface area (Å²) in [6, 6.07) is 10.8. The zero-order valence-corrected chi connectivity index (χ0v) is 12.8. The van der Waals surface area contributed by atoms with E-state index in [1.165, 1.54) is 36.4 Å². The molecule has 0 aliphatic carbocycles. The SMILES string of the molecule is O=[N+]([O-])c1cccc2c1c(C(F)F)cn2S(=O)(=O)c1ccccc1. The van der Waals surface area contributed by atoms with Gasteiger partial charge in [-0.1, -0.05) is 24.3 Å². The zero-order valence-electron chi connectivity index (χ0n) is 12.0. The summed E-state index contributed by atoms with van der Waals surface area (Å²) in [6.07, 6.45) is -2.31. The number of halogens is 2. The van der Waals surface area contributed by atoms with Gasteiger partial charge in [0.1, 0.15) is 0 Å². The fourth-order valence-electron chi connectivity index (χ4n) is 2.49. The monoisotopic (exact) mass is 352 g/mol. The number of rotatable bonds is 4. The third-order valence-electron chi connectivity index (χ3n) is 3.53. The molecule has 1 aromatic heterocycles. The highest BCUT2D eigenvalue weighted by molar-refractivity contribution is 7.90. The molecule has 9 heteroatoms. The molecule has 0 spiro atoms. The molecule has 0 saturated heterocycles. The molecule has 0 atom stereocenters. The van der Waals surface area contributed by atoms with E-state index >= 15 is 0 Å². The first-order valence-corrected chi connectivity index (χ1v) is 8.15. The second-order valence-electron chi connectivity index (χ2n) is 4.93. The number of hydrogen-bond donors (Lipinski definition) is 0. The summed E-state index contributed by atoms with van der Waals surface area (Å²) in [5.74, 6) is 0. The third kappa shape index (κ3) is 2.42. The van der Waals surface area contributed by atoms with E-state index in [1.54, 1.807) is 6.07 Å². The molecule has 6 nitrogen and oxygen atoms in total. The fourth-order valence-corrected chi connectivity index (χ4v) is 3.88. The molecule has 24 heavy (non-hydrogen) atoms. The minimum atomic E-state index is -4.16. The molecule has 3 aromatic rings. The van der Waals surface area contributed by atoms with Crippen LogP contribution in [0, 0.1) is 10.1 Å². The van der Waals surface area contributed by atoms with Gasteiger partial charge in [-0.05, 0) is 18.2 Å². The van der Waals surface area contributed by atoms with Crippen LogP contribution in [0.3, 0.4) is 0 Å². The predicted molar refractivity (Wildman–Crippen MR) is 82.6 cm³/mol. The Kier molecular flexibility index (Phi) is 3.80. The Balaban J connectivity index is 2.39. The van der Waals surface area contributed by atoms with Crippen LogP contribution in [0.15, 0.2) is 59.6 Å². The summed E-state index contributed by atoms with van der Waals surface area (Å²) in [6.45, 7) is 0. The molecule has 0 radical (unpaired) electrons. The van der Waals surface area contributed by atoms with Crippen LogP contribution in [0.4, 0.5) is 14.5 Å². The molecule has 0 saturated carbocycles. The number of benzene rings is 2. The van der Waals surface area contributed by atoms with Crippen molar-refractivity contribution < 1.29 is 22.1 Å². The number of nitro benzene ring substituents is 1. The van der Waals surface area contributed by atoms with Crippen molar-refractivity contribution >= 4 is 26.6 Å². The van der Waals surface area contributed by atoms with Crippen molar-refractivity contribution in [3.05, 3.63) is 70.4 Å². The molecule has 0 aliphatic heterocycles. The number of nitrogens with zero attached hydrogens (tertiary/aromatic N) is 2. The number of hydrogen-bond acceptors (Lipinski definition) is 4. The molecule has 0 amide bonds. The predicted octanol–water partition coefficient (Wildman–Crippen LogP) is 3.72. The summed E-state index contributed by atoms with van der Waals surface area (Å²) in [4.78, 5) is 10.2. The molecule has 0 bridgehead atoms. The normalized spacial score (nSPS) is 12.0. The van der Waals surface area contributed by atoms with E-state index in [0.29, 0.717) is 3.97 Å². The van der Waals surface area contributed by atoms with Crippen molar-refractivity contribution in [1.29, 1.82) is 0 Å². The van der Waals surface area contributed by atoms with Gasteiger partial charge in [-0.25, -0.2) is 21.2 Å². The number of fused-ring (bicyclic) bond motifs is 1. The van der Waals surface area contributed by atoms with Gasteiger partial charge in [0.25, 0.3) is 22.1 Å². The number of aromatic nitrogens is 1. The quantitative estimate of drug-likeness (QED) is 0.529. The van der Waals surface area contributed by atoms with E-state index in [9.17, 15) is 27.3 Å². The average molecular weight is 352 g/mol. The van der Waals surface area contributed by atoms with Gasteiger partial charge in [-0.3, -0.25) is 10.1 Å². The third-order valence-corrected chi connectivity index (χ3v) is 5.22.